The van der Waals surface area contributed by atoms with E-state index in [9.17, 15) is 5.48 Å². The molecule has 0 fully saturated rings. The SMILES string of the molecule is [2H]c1c([2H])c([2H])c2c(-c3cccc4oc5cc6ccccc6cc5c34)c3c([2H])c([2H])c([2H])c([2H])c3c(-c3ccc4c(ccc5ccccc54)c3)c2c1[2H]. The van der Waals surface area contributed by atoms with Crippen molar-refractivity contribution in [3.05, 3.63) is 158 Å². The first-order valence-electron chi connectivity index (χ1n) is 18.9. The molecule has 1 heterocycles. The molecular weight excluding hydrogens is 544 g/mol. The first kappa shape index (κ1) is 18.0. The van der Waals surface area contributed by atoms with Gasteiger partial charge in [0.25, 0.3) is 0 Å². The molecule has 45 heavy (non-hydrogen) atoms. The molecule has 10 aromatic rings. The minimum Gasteiger partial charge on any atom is -0.456 e. The molecule has 0 N–H and O–H groups in total. The van der Waals surface area contributed by atoms with Gasteiger partial charge in [0.2, 0.25) is 0 Å². The van der Waals surface area contributed by atoms with E-state index < -0.39 is 24.2 Å². The third-order valence-electron chi connectivity index (χ3n) is 9.04. The molecule has 1 heteroatoms. The Balaban J connectivity index is 1.45. The highest BCUT2D eigenvalue weighted by atomic mass is 16.3. The Morgan fingerprint density at radius 1 is 0.400 bits per heavy atom. The first-order valence-corrected chi connectivity index (χ1v) is 14.9. The van der Waals surface area contributed by atoms with Crippen LogP contribution in [0.1, 0.15) is 11.0 Å². The van der Waals surface area contributed by atoms with Gasteiger partial charge in [-0.15, -0.1) is 0 Å². The zero-order valence-corrected chi connectivity index (χ0v) is 23.8. The van der Waals surface area contributed by atoms with Gasteiger partial charge in [0.1, 0.15) is 11.2 Å². The van der Waals surface area contributed by atoms with Gasteiger partial charge in [0, 0.05) is 10.8 Å². The molecule has 0 atom stereocenters. The Hall–Kier alpha value is -5.92. The van der Waals surface area contributed by atoms with Crippen molar-refractivity contribution in [3.63, 3.8) is 0 Å². The normalized spacial score (nSPS) is 14.5. The molecule has 0 spiro atoms. The highest BCUT2D eigenvalue weighted by Gasteiger charge is 2.20. The summed E-state index contributed by atoms with van der Waals surface area (Å²) in [6.45, 7) is 0. The van der Waals surface area contributed by atoms with Crippen molar-refractivity contribution in [1.82, 2.24) is 0 Å². The number of fused-ring (bicyclic) bond motifs is 9. The lowest BCUT2D eigenvalue weighted by Gasteiger charge is -2.18. The molecule has 1 nitrogen and oxygen atoms in total. The average Bonchev–Trinajstić information content (AvgIpc) is 3.55. The molecule has 0 radical (unpaired) electrons. The number of rotatable bonds is 2. The summed E-state index contributed by atoms with van der Waals surface area (Å²) in [5.74, 6) is 0. The molecule has 9 aromatic carbocycles. The third kappa shape index (κ3) is 3.56. The van der Waals surface area contributed by atoms with Crippen LogP contribution in [-0.4, -0.2) is 0 Å². The Kier molecular flexibility index (Phi) is 3.72. The van der Waals surface area contributed by atoms with Crippen molar-refractivity contribution in [2.24, 2.45) is 0 Å². The molecule has 0 aliphatic heterocycles. The summed E-state index contributed by atoms with van der Waals surface area (Å²) in [5.41, 5.74) is 2.90. The van der Waals surface area contributed by atoms with Crippen LogP contribution in [0.2, 0.25) is 0 Å². The number of hydrogen-bond donors (Lipinski definition) is 0. The molecule has 0 saturated carbocycles. The molecular formula is C44H26O. The minimum absolute atomic E-state index is 0.171. The van der Waals surface area contributed by atoms with E-state index in [4.69, 9.17) is 9.90 Å². The van der Waals surface area contributed by atoms with Crippen molar-refractivity contribution >= 4 is 75.8 Å². The predicted molar refractivity (Wildman–Crippen MR) is 192 cm³/mol. The van der Waals surface area contributed by atoms with Gasteiger partial charge in [-0.25, -0.2) is 0 Å². The van der Waals surface area contributed by atoms with E-state index in [0.29, 0.717) is 38.8 Å². The number of hydrogen-bond acceptors (Lipinski definition) is 1. The standard InChI is InChI=1S/C44H26O/c1-2-12-29-26-41-39(25-28(29)11-1)44-38(18-9-19-40(44)45-41)43-36-16-7-5-14-34(36)42(35-15-6-8-17-37(35)43)31-22-23-33-30(24-31)21-20-27-10-3-4-13-32(27)33/h1-26H/i5D,6D,7D,8D,14D,15D,16D,17D. The Morgan fingerprint density at radius 2 is 1.02 bits per heavy atom. The van der Waals surface area contributed by atoms with Gasteiger partial charge in [-0.1, -0.05) is 133 Å². The average molecular weight is 579 g/mol. The van der Waals surface area contributed by atoms with Gasteiger partial charge in [-0.2, -0.15) is 0 Å². The van der Waals surface area contributed by atoms with Gasteiger partial charge >= 0.3 is 0 Å². The van der Waals surface area contributed by atoms with Gasteiger partial charge in [0.05, 0.1) is 11.0 Å². The summed E-state index contributed by atoms with van der Waals surface area (Å²) >= 11 is 0. The van der Waals surface area contributed by atoms with Crippen LogP contribution in [0.3, 0.4) is 0 Å². The predicted octanol–water partition coefficient (Wildman–Crippen LogP) is 12.7. The van der Waals surface area contributed by atoms with Gasteiger partial charge < -0.3 is 4.42 Å². The van der Waals surface area contributed by atoms with Crippen LogP contribution in [0, 0.1) is 0 Å². The summed E-state index contributed by atoms with van der Waals surface area (Å²) in [6.07, 6.45) is 0. The highest BCUT2D eigenvalue weighted by Crippen LogP contribution is 2.47. The van der Waals surface area contributed by atoms with Gasteiger partial charge in [0.15, 0.2) is 0 Å². The summed E-state index contributed by atoms with van der Waals surface area (Å²) in [5, 5.41) is 8.14. The van der Waals surface area contributed by atoms with E-state index >= 15 is 0 Å². The summed E-state index contributed by atoms with van der Waals surface area (Å²) in [7, 11) is 0. The first-order chi connectivity index (χ1) is 25.6. The van der Waals surface area contributed by atoms with Crippen LogP contribution in [0.25, 0.3) is 98.1 Å². The largest absolute Gasteiger partial charge is 0.456 e. The van der Waals surface area contributed by atoms with Crippen LogP contribution in [0.5, 0.6) is 0 Å². The molecule has 208 valence electrons. The van der Waals surface area contributed by atoms with Crippen LogP contribution in [0.4, 0.5) is 0 Å². The fourth-order valence-electron chi connectivity index (χ4n) is 7.07. The molecule has 10 rings (SSSR count). The van der Waals surface area contributed by atoms with Gasteiger partial charge in [-0.3, -0.25) is 0 Å². The van der Waals surface area contributed by atoms with Crippen molar-refractivity contribution in [3.8, 4) is 22.3 Å². The molecule has 0 aliphatic rings. The molecule has 0 bridgehead atoms. The van der Waals surface area contributed by atoms with Crippen molar-refractivity contribution < 1.29 is 15.4 Å². The maximum atomic E-state index is 9.43. The second kappa shape index (κ2) is 9.29. The third-order valence-corrected chi connectivity index (χ3v) is 9.04. The van der Waals surface area contributed by atoms with Crippen molar-refractivity contribution in [1.29, 1.82) is 0 Å². The van der Waals surface area contributed by atoms with E-state index in [-0.39, 0.29) is 45.7 Å². The second-order valence-corrected chi connectivity index (χ2v) is 11.4. The topological polar surface area (TPSA) is 13.1 Å². The van der Waals surface area contributed by atoms with E-state index in [1.54, 1.807) is 6.07 Å². The Morgan fingerprint density at radius 3 is 1.78 bits per heavy atom. The summed E-state index contributed by atoms with van der Waals surface area (Å²) in [4.78, 5) is 0. The maximum Gasteiger partial charge on any atom is 0.136 e. The van der Waals surface area contributed by atoms with E-state index in [2.05, 4.69) is 0 Å². The van der Waals surface area contributed by atoms with E-state index in [1.165, 1.54) is 0 Å². The lowest BCUT2D eigenvalue weighted by Crippen LogP contribution is -1.91. The fraction of sp³-hybridized carbons (Fsp3) is 0. The number of furan rings is 1. The minimum atomic E-state index is -0.435. The smallest absolute Gasteiger partial charge is 0.136 e. The maximum absolute atomic E-state index is 9.43. The Bertz CT molecular complexity index is 3190. The molecule has 0 amide bonds. The summed E-state index contributed by atoms with van der Waals surface area (Å²) < 4.78 is 79.4. The highest BCUT2D eigenvalue weighted by molar-refractivity contribution is 6.26. The Labute approximate surface area is 270 Å². The van der Waals surface area contributed by atoms with Gasteiger partial charge in [-0.05, 0) is 100 Å². The van der Waals surface area contributed by atoms with Crippen molar-refractivity contribution in [2.75, 3.05) is 0 Å². The number of benzene rings is 9. The monoisotopic (exact) mass is 578 g/mol. The molecule has 0 aliphatic carbocycles. The van der Waals surface area contributed by atoms with Crippen molar-refractivity contribution in [2.45, 2.75) is 0 Å². The van der Waals surface area contributed by atoms with Crippen LogP contribution in [-0.2, 0) is 0 Å². The zero-order chi connectivity index (χ0) is 36.4. The fourth-order valence-corrected chi connectivity index (χ4v) is 7.07. The second-order valence-electron chi connectivity index (χ2n) is 11.4. The van der Waals surface area contributed by atoms with Crippen LogP contribution >= 0.6 is 0 Å². The lowest BCUT2D eigenvalue weighted by atomic mass is 9.84. The van der Waals surface area contributed by atoms with Crippen LogP contribution in [0.15, 0.2) is 162 Å². The summed E-state index contributed by atoms with van der Waals surface area (Å²) in [6, 6.07) is 32.4. The quantitative estimate of drug-likeness (QED) is 0.147. The zero-order valence-electron chi connectivity index (χ0n) is 31.8. The van der Waals surface area contributed by atoms with E-state index in [0.717, 1.165) is 37.7 Å². The molecule has 0 saturated heterocycles. The molecule has 1 aromatic heterocycles. The van der Waals surface area contributed by atoms with Crippen LogP contribution < -0.4 is 0 Å². The molecule has 0 unspecified atom stereocenters. The lowest BCUT2D eigenvalue weighted by molar-refractivity contribution is 0.669. The van der Waals surface area contributed by atoms with E-state index in [1.807, 2.05) is 103 Å².